The summed E-state index contributed by atoms with van der Waals surface area (Å²) in [5, 5.41) is 3.98. The summed E-state index contributed by atoms with van der Waals surface area (Å²) in [4.78, 5) is 24.8. The van der Waals surface area contributed by atoms with Gasteiger partial charge in [0.05, 0.1) is 11.0 Å². The molecule has 3 rings (SSSR count). The van der Waals surface area contributed by atoms with Crippen LogP contribution in [-0.4, -0.2) is 21.6 Å². The molecule has 1 N–H and O–H groups in total. The van der Waals surface area contributed by atoms with E-state index in [9.17, 15) is 9.59 Å². The molecule has 0 fully saturated rings. The number of aromatic nitrogens is 2. The first-order valence-corrected chi connectivity index (χ1v) is 9.15. The molecule has 0 aliphatic rings. The molecule has 0 spiro atoms. The Morgan fingerprint density at radius 1 is 1.04 bits per heavy atom. The lowest BCUT2D eigenvalue weighted by molar-refractivity contribution is -0.121. The number of aryl methyl sites for hydroxylation is 1. The fourth-order valence-corrected chi connectivity index (χ4v) is 3.60. The molecular weight excluding hydrogens is 373 g/mol. The number of nitrogens with one attached hydrogen (secondary N) is 1. The largest absolute Gasteiger partial charge is 0.354 e. The third-order valence-corrected chi connectivity index (χ3v) is 4.64. The number of carbonyl (C=O) groups excluding carboxylic acids is 1. The zero-order chi connectivity index (χ0) is 18.7. The lowest BCUT2D eigenvalue weighted by Gasteiger charge is -2.07. The zero-order valence-electron chi connectivity index (χ0n) is 14.3. The van der Waals surface area contributed by atoms with Crippen molar-refractivity contribution in [3.8, 4) is 0 Å². The minimum Gasteiger partial charge on any atom is -0.354 e. The van der Waals surface area contributed by atoms with Crippen molar-refractivity contribution in [2.45, 2.75) is 26.4 Å². The summed E-state index contributed by atoms with van der Waals surface area (Å²) in [6.07, 6.45) is 0.609. The summed E-state index contributed by atoms with van der Waals surface area (Å²) < 4.78 is 3.17. The highest BCUT2D eigenvalue weighted by Gasteiger charge is 2.14. The van der Waals surface area contributed by atoms with Gasteiger partial charge in [0.2, 0.25) is 5.91 Å². The number of carbonyl (C=O) groups is 1. The number of fused-ring (bicyclic) bond motifs is 1. The number of imidazole rings is 1. The van der Waals surface area contributed by atoms with Crippen LogP contribution < -0.4 is 11.0 Å². The second kappa shape index (κ2) is 7.98. The SMILES string of the molecule is CCn1c(=O)n(CC(=O)NCCc2cc(Cl)cc(Cl)c2)c2ccccc21. The lowest BCUT2D eigenvalue weighted by Crippen LogP contribution is -2.34. The number of nitrogens with zero attached hydrogens (tertiary/aromatic N) is 2. The molecule has 7 heteroatoms. The van der Waals surface area contributed by atoms with Gasteiger partial charge in [-0.15, -0.1) is 0 Å². The summed E-state index contributed by atoms with van der Waals surface area (Å²) in [5.74, 6) is -0.209. The molecule has 0 aliphatic heterocycles. The van der Waals surface area contributed by atoms with Gasteiger partial charge >= 0.3 is 5.69 Å². The molecule has 3 aromatic rings. The van der Waals surface area contributed by atoms with E-state index < -0.39 is 0 Å². The predicted molar refractivity (Wildman–Crippen MR) is 105 cm³/mol. The van der Waals surface area contributed by atoms with Crippen molar-refractivity contribution in [1.82, 2.24) is 14.5 Å². The van der Waals surface area contributed by atoms with E-state index in [1.807, 2.05) is 43.3 Å². The average Bonchev–Trinajstić information content (AvgIpc) is 2.85. The van der Waals surface area contributed by atoms with E-state index in [0.29, 0.717) is 29.6 Å². The monoisotopic (exact) mass is 391 g/mol. The van der Waals surface area contributed by atoms with Crippen LogP contribution in [0.4, 0.5) is 0 Å². The molecule has 0 bridgehead atoms. The van der Waals surface area contributed by atoms with E-state index in [2.05, 4.69) is 5.32 Å². The van der Waals surface area contributed by atoms with Gasteiger partial charge in [-0.3, -0.25) is 13.9 Å². The van der Waals surface area contributed by atoms with Gasteiger partial charge in [-0.1, -0.05) is 35.3 Å². The third kappa shape index (κ3) is 3.94. The summed E-state index contributed by atoms with van der Waals surface area (Å²) >= 11 is 12.0. The highest BCUT2D eigenvalue weighted by atomic mass is 35.5. The van der Waals surface area contributed by atoms with Crippen LogP contribution in [-0.2, 0) is 24.3 Å². The first-order valence-electron chi connectivity index (χ1n) is 8.39. The Morgan fingerprint density at radius 2 is 1.65 bits per heavy atom. The van der Waals surface area contributed by atoms with Gasteiger partial charge in [0.1, 0.15) is 6.54 Å². The zero-order valence-corrected chi connectivity index (χ0v) is 15.8. The fraction of sp³-hybridized carbons (Fsp3) is 0.263. The van der Waals surface area contributed by atoms with E-state index >= 15 is 0 Å². The van der Waals surface area contributed by atoms with E-state index in [1.54, 1.807) is 10.6 Å². The number of benzene rings is 2. The molecule has 1 aromatic heterocycles. The molecule has 0 aliphatic carbocycles. The Labute approximate surface area is 161 Å². The molecule has 2 aromatic carbocycles. The molecule has 0 saturated heterocycles. The Hall–Kier alpha value is -2.24. The molecule has 26 heavy (non-hydrogen) atoms. The van der Waals surface area contributed by atoms with Crippen LogP contribution in [0.3, 0.4) is 0 Å². The summed E-state index contributed by atoms with van der Waals surface area (Å²) in [6, 6.07) is 12.8. The van der Waals surface area contributed by atoms with Gasteiger partial charge in [-0.05, 0) is 49.2 Å². The molecule has 136 valence electrons. The van der Waals surface area contributed by atoms with Crippen LogP contribution in [0.2, 0.25) is 10.0 Å². The van der Waals surface area contributed by atoms with Gasteiger partial charge in [-0.25, -0.2) is 4.79 Å². The minimum atomic E-state index is -0.209. The Morgan fingerprint density at radius 3 is 2.27 bits per heavy atom. The van der Waals surface area contributed by atoms with Gasteiger partial charge in [0, 0.05) is 23.1 Å². The van der Waals surface area contributed by atoms with E-state index in [1.165, 1.54) is 4.57 Å². The number of rotatable bonds is 6. The van der Waals surface area contributed by atoms with E-state index in [0.717, 1.165) is 16.6 Å². The van der Waals surface area contributed by atoms with Gasteiger partial charge < -0.3 is 5.32 Å². The molecule has 0 unspecified atom stereocenters. The smallest absolute Gasteiger partial charge is 0.329 e. The van der Waals surface area contributed by atoms with Gasteiger partial charge in [0.25, 0.3) is 0 Å². The number of para-hydroxylation sites is 2. The molecule has 5 nitrogen and oxygen atoms in total. The number of hydrogen-bond donors (Lipinski definition) is 1. The number of hydrogen-bond acceptors (Lipinski definition) is 2. The molecule has 1 amide bonds. The van der Waals surface area contributed by atoms with Crippen LogP contribution >= 0.6 is 23.2 Å². The maximum Gasteiger partial charge on any atom is 0.329 e. The van der Waals surface area contributed by atoms with Crippen molar-refractivity contribution >= 4 is 40.1 Å². The van der Waals surface area contributed by atoms with E-state index in [4.69, 9.17) is 23.2 Å². The quantitative estimate of drug-likeness (QED) is 0.698. The number of halogens is 2. The number of amides is 1. The van der Waals surface area contributed by atoms with Gasteiger partial charge in [0.15, 0.2) is 0 Å². The standard InChI is InChI=1S/C19H19Cl2N3O2/c1-2-23-16-5-3-4-6-17(16)24(19(23)26)12-18(25)22-8-7-13-9-14(20)11-15(21)10-13/h3-6,9-11H,2,7-8,12H2,1H3,(H,22,25). The molecule has 0 saturated carbocycles. The summed E-state index contributed by atoms with van der Waals surface area (Å²) in [7, 11) is 0. The first-order chi connectivity index (χ1) is 12.5. The van der Waals surface area contributed by atoms with Gasteiger partial charge in [-0.2, -0.15) is 0 Å². The van der Waals surface area contributed by atoms with Crippen LogP contribution in [0.5, 0.6) is 0 Å². The van der Waals surface area contributed by atoms with Crippen molar-refractivity contribution in [3.63, 3.8) is 0 Å². The topological polar surface area (TPSA) is 56.0 Å². The lowest BCUT2D eigenvalue weighted by atomic mass is 10.1. The first kappa shape index (κ1) is 18.5. The summed E-state index contributed by atoms with van der Waals surface area (Å²) in [5.41, 5.74) is 2.37. The Kier molecular flexibility index (Phi) is 5.69. The van der Waals surface area contributed by atoms with Crippen LogP contribution in [0.25, 0.3) is 11.0 Å². The maximum absolute atomic E-state index is 12.5. The highest BCUT2D eigenvalue weighted by Crippen LogP contribution is 2.19. The van der Waals surface area contributed by atoms with Crippen LogP contribution in [0, 0.1) is 0 Å². The normalized spacial score (nSPS) is 11.0. The van der Waals surface area contributed by atoms with Crippen LogP contribution in [0.1, 0.15) is 12.5 Å². The molecule has 0 atom stereocenters. The molecule has 1 heterocycles. The predicted octanol–water partition coefficient (Wildman–Crippen LogP) is 3.49. The average molecular weight is 392 g/mol. The van der Waals surface area contributed by atoms with Crippen LogP contribution in [0.15, 0.2) is 47.3 Å². The van der Waals surface area contributed by atoms with Crippen molar-refractivity contribution < 1.29 is 4.79 Å². The third-order valence-electron chi connectivity index (χ3n) is 4.20. The molecular formula is C19H19Cl2N3O2. The Balaban J connectivity index is 1.68. The summed E-state index contributed by atoms with van der Waals surface area (Å²) in [6.45, 7) is 2.90. The van der Waals surface area contributed by atoms with Crippen molar-refractivity contribution in [2.75, 3.05) is 6.54 Å². The maximum atomic E-state index is 12.5. The van der Waals surface area contributed by atoms with Crippen molar-refractivity contribution in [2.24, 2.45) is 0 Å². The second-order valence-electron chi connectivity index (χ2n) is 5.98. The Bertz CT molecular complexity index is 987. The second-order valence-corrected chi connectivity index (χ2v) is 6.85. The van der Waals surface area contributed by atoms with E-state index in [-0.39, 0.29) is 18.1 Å². The minimum absolute atomic E-state index is 0.0113. The van der Waals surface area contributed by atoms with Crippen molar-refractivity contribution in [1.29, 1.82) is 0 Å². The molecule has 0 radical (unpaired) electrons. The fourth-order valence-electron chi connectivity index (χ4n) is 3.03. The highest BCUT2D eigenvalue weighted by molar-refractivity contribution is 6.34. The van der Waals surface area contributed by atoms with Crippen molar-refractivity contribution in [3.05, 3.63) is 68.6 Å².